The van der Waals surface area contributed by atoms with E-state index in [4.69, 9.17) is 0 Å². The number of allylic oxidation sites excluding steroid dienone is 1. The fourth-order valence-corrected chi connectivity index (χ4v) is 2.43. The Labute approximate surface area is 133 Å². The van der Waals surface area contributed by atoms with E-state index in [1.165, 1.54) is 12.1 Å². The first-order chi connectivity index (χ1) is 11.0. The minimum atomic E-state index is -0.443. The molecule has 1 aliphatic heterocycles. The number of benzene rings is 2. The van der Waals surface area contributed by atoms with E-state index in [2.05, 4.69) is 4.99 Å². The number of rotatable bonds is 3. The number of fused-ring (bicyclic) bond motifs is 1. The predicted octanol–water partition coefficient (Wildman–Crippen LogP) is 3.81. The third kappa shape index (κ3) is 3.23. The number of nitrogens with zero attached hydrogens (tertiary/aromatic N) is 2. The van der Waals surface area contributed by atoms with Crippen molar-refractivity contribution in [2.45, 2.75) is 13.3 Å². The molecule has 2 aromatic carbocycles. The van der Waals surface area contributed by atoms with Crippen LogP contribution in [0.4, 0.5) is 11.4 Å². The van der Waals surface area contributed by atoms with E-state index in [-0.39, 0.29) is 11.5 Å². The van der Waals surface area contributed by atoms with Crippen LogP contribution < -0.4 is 0 Å². The normalized spacial score (nSPS) is 13.8. The summed E-state index contributed by atoms with van der Waals surface area (Å²) in [5.74, 6) is -0.0266. The Hall–Kier alpha value is -3.08. The Bertz CT molecular complexity index is 849. The van der Waals surface area contributed by atoms with Gasteiger partial charge in [0.05, 0.1) is 10.6 Å². The second kappa shape index (κ2) is 5.96. The molecular formula is C18H14N2O3. The molecule has 114 valence electrons. The van der Waals surface area contributed by atoms with Crippen LogP contribution >= 0.6 is 0 Å². The zero-order valence-corrected chi connectivity index (χ0v) is 12.5. The molecule has 0 aromatic heterocycles. The van der Waals surface area contributed by atoms with Crippen molar-refractivity contribution < 1.29 is 9.72 Å². The third-order valence-corrected chi connectivity index (χ3v) is 3.65. The SMILES string of the molecule is Cc1ccc2c(c1)CC(=O)C(/C=C/c1ccc([N+](=O)[O-])cc1)=N2. The molecule has 5 nitrogen and oxygen atoms in total. The summed E-state index contributed by atoms with van der Waals surface area (Å²) < 4.78 is 0. The van der Waals surface area contributed by atoms with Crippen molar-refractivity contribution in [3.05, 3.63) is 75.3 Å². The van der Waals surface area contributed by atoms with E-state index in [0.29, 0.717) is 12.1 Å². The van der Waals surface area contributed by atoms with Crippen molar-refractivity contribution in [2.75, 3.05) is 0 Å². The molecule has 23 heavy (non-hydrogen) atoms. The van der Waals surface area contributed by atoms with Gasteiger partial charge in [0, 0.05) is 18.6 Å². The summed E-state index contributed by atoms with van der Waals surface area (Å²) in [6.07, 6.45) is 3.74. The molecule has 0 radical (unpaired) electrons. The number of carbonyl (C=O) groups excluding carboxylic acids is 1. The third-order valence-electron chi connectivity index (χ3n) is 3.65. The second-order valence-electron chi connectivity index (χ2n) is 5.41. The molecule has 0 amide bonds. The minimum absolute atomic E-state index is 0.0266. The number of aliphatic imine (C=N–C) groups is 1. The van der Waals surface area contributed by atoms with Crippen molar-refractivity contribution >= 4 is 28.9 Å². The lowest BCUT2D eigenvalue weighted by molar-refractivity contribution is -0.384. The summed E-state index contributed by atoms with van der Waals surface area (Å²) in [5.41, 5.74) is 4.09. The molecule has 3 rings (SSSR count). The standard InChI is InChI=1S/C18H14N2O3/c1-12-2-8-16-14(10-12)11-18(21)17(19-16)9-5-13-3-6-15(7-4-13)20(22)23/h2-10H,11H2,1H3/b9-5+. The Morgan fingerprint density at radius 1 is 1.13 bits per heavy atom. The number of nitro groups is 1. The first kappa shape index (κ1) is 14.8. The first-order valence-electron chi connectivity index (χ1n) is 7.17. The Balaban J connectivity index is 1.85. The highest BCUT2D eigenvalue weighted by atomic mass is 16.6. The topological polar surface area (TPSA) is 72.6 Å². The molecule has 5 heteroatoms. The molecule has 0 aliphatic carbocycles. The number of nitro benzene ring substituents is 1. The van der Waals surface area contributed by atoms with Gasteiger partial charge in [-0.2, -0.15) is 0 Å². The molecule has 0 unspecified atom stereocenters. The van der Waals surface area contributed by atoms with Gasteiger partial charge in [0.25, 0.3) is 5.69 Å². The van der Waals surface area contributed by atoms with Crippen molar-refractivity contribution in [1.82, 2.24) is 0 Å². The molecule has 0 atom stereocenters. The lowest BCUT2D eigenvalue weighted by atomic mass is 9.98. The summed E-state index contributed by atoms with van der Waals surface area (Å²) in [4.78, 5) is 26.7. The van der Waals surface area contributed by atoms with E-state index >= 15 is 0 Å². The lowest BCUT2D eigenvalue weighted by Gasteiger charge is -2.13. The molecule has 0 spiro atoms. The molecule has 0 fully saturated rings. The van der Waals surface area contributed by atoms with Crippen LogP contribution in [0.2, 0.25) is 0 Å². The van der Waals surface area contributed by atoms with Crippen LogP contribution in [0.1, 0.15) is 16.7 Å². The van der Waals surface area contributed by atoms with Gasteiger partial charge < -0.3 is 0 Å². The van der Waals surface area contributed by atoms with Gasteiger partial charge in [-0.15, -0.1) is 0 Å². The number of ketones is 1. The van der Waals surface area contributed by atoms with Crippen LogP contribution in [0, 0.1) is 17.0 Å². The van der Waals surface area contributed by atoms with Crippen molar-refractivity contribution in [3.63, 3.8) is 0 Å². The Morgan fingerprint density at radius 2 is 1.87 bits per heavy atom. The quantitative estimate of drug-likeness (QED) is 0.639. The maximum atomic E-state index is 12.2. The highest BCUT2D eigenvalue weighted by molar-refractivity contribution is 6.46. The van der Waals surface area contributed by atoms with Crippen molar-refractivity contribution in [3.8, 4) is 0 Å². The van der Waals surface area contributed by atoms with Crippen LogP contribution in [0.25, 0.3) is 6.08 Å². The maximum absolute atomic E-state index is 12.2. The van der Waals surface area contributed by atoms with E-state index in [0.717, 1.165) is 22.4 Å². The summed E-state index contributed by atoms with van der Waals surface area (Å²) >= 11 is 0. The monoisotopic (exact) mass is 306 g/mol. The molecule has 0 bridgehead atoms. The number of hydrogen-bond acceptors (Lipinski definition) is 4. The van der Waals surface area contributed by atoms with E-state index in [1.54, 1.807) is 24.3 Å². The van der Waals surface area contributed by atoms with Crippen LogP contribution in [-0.4, -0.2) is 16.4 Å². The molecule has 0 N–H and O–H groups in total. The number of Topliss-reactive ketones (excluding diaryl/α,β-unsaturated/α-hetero) is 1. The summed E-state index contributed by atoms with van der Waals surface area (Å²) in [7, 11) is 0. The molecular weight excluding hydrogens is 292 g/mol. The van der Waals surface area contributed by atoms with E-state index in [1.807, 2.05) is 25.1 Å². The number of aryl methyl sites for hydroxylation is 1. The summed E-state index contributed by atoms with van der Waals surface area (Å²) in [6.45, 7) is 1.98. The van der Waals surface area contributed by atoms with Gasteiger partial charge in [0.15, 0.2) is 5.78 Å². The van der Waals surface area contributed by atoms with Crippen molar-refractivity contribution in [1.29, 1.82) is 0 Å². The largest absolute Gasteiger partial charge is 0.292 e. The lowest BCUT2D eigenvalue weighted by Crippen LogP contribution is -2.18. The van der Waals surface area contributed by atoms with Crippen LogP contribution in [-0.2, 0) is 11.2 Å². The average Bonchev–Trinajstić information content (AvgIpc) is 2.53. The van der Waals surface area contributed by atoms with Gasteiger partial charge in [-0.1, -0.05) is 23.8 Å². The highest BCUT2D eigenvalue weighted by Gasteiger charge is 2.18. The molecule has 1 heterocycles. The van der Waals surface area contributed by atoms with Gasteiger partial charge >= 0.3 is 0 Å². The molecule has 0 saturated heterocycles. The Kier molecular flexibility index (Phi) is 3.85. The van der Waals surface area contributed by atoms with E-state index < -0.39 is 4.92 Å². The summed E-state index contributed by atoms with van der Waals surface area (Å²) in [5, 5.41) is 10.6. The first-order valence-corrected chi connectivity index (χ1v) is 7.17. The highest BCUT2D eigenvalue weighted by Crippen LogP contribution is 2.26. The predicted molar refractivity (Wildman–Crippen MR) is 89.1 cm³/mol. The molecule has 0 saturated carbocycles. The Morgan fingerprint density at radius 3 is 2.57 bits per heavy atom. The van der Waals surface area contributed by atoms with Gasteiger partial charge in [-0.25, -0.2) is 4.99 Å². The van der Waals surface area contributed by atoms with Crippen LogP contribution in [0.15, 0.2) is 53.5 Å². The number of non-ortho nitro benzene ring substituents is 1. The number of hydrogen-bond donors (Lipinski definition) is 0. The van der Waals surface area contributed by atoms with E-state index in [9.17, 15) is 14.9 Å². The summed E-state index contributed by atoms with van der Waals surface area (Å²) in [6, 6.07) is 12.0. The second-order valence-corrected chi connectivity index (χ2v) is 5.41. The zero-order valence-electron chi connectivity index (χ0n) is 12.5. The van der Waals surface area contributed by atoms with Crippen LogP contribution in [0.3, 0.4) is 0 Å². The smallest absolute Gasteiger partial charge is 0.269 e. The van der Waals surface area contributed by atoms with Gasteiger partial charge in [-0.05, 0) is 42.3 Å². The average molecular weight is 306 g/mol. The molecule has 1 aliphatic rings. The van der Waals surface area contributed by atoms with Gasteiger partial charge in [-0.3, -0.25) is 14.9 Å². The molecule has 2 aromatic rings. The fraction of sp³-hybridized carbons (Fsp3) is 0.111. The van der Waals surface area contributed by atoms with Gasteiger partial charge in [0.2, 0.25) is 0 Å². The number of carbonyl (C=O) groups is 1. The zero-order chi connectivity index (χ0) is 16.4. The maximum Gasteiger partial charge on any atom is 0.269 e. The van der Waals surface area contributed by atoms with Crippen LogP contribution in [0.5, 0.6) is 0 Å². The minimum Gasteiger partial charge on any atom is -0.292 e. The van der Waals surface area contributed by atoms with Crippen molar-refractivity contribution in [2.24, 2.45) is 4.99 Å². The van der Waals surface area contributed by atoms with Gasteiger partial charge in [0.1, 0.15) is 5.71 Å². The fourth-order valence-electron chi connectivity index (χ4n) is 2.43.